The van der Waals surface area contributed by atoms with Crippen LogP contribution in [0, 0.1) is 5.92 Å². The monoisotopic (exact) mass is 397 g/mol. The first kappa shape index (κ1) is 19.1. The van der Waals surface area contributed by atoms with Crippen LogP contribution in [0.15, 0.2) is 35.7 Å². The van der Waals surface area contributed by atoms with E-state index in [-0.39, 0.29) is 23.8 Å². The van der Waals surface area contributed by atoms with Crippen LogP contribution in [0.2, 0.25) is 0 Å². The highest BCUT2D eigenvalue weighted by Gasteiger charge is 2.37. The fraction of sp³-hybridized carbons (Fsp3) is 0.500. The van der Waals surface area contributed by atoms with Crippen LogP contribution in [0.4, 0.5) is 0 Å². The summed E-state index contributed by atoms with van der Waals surface area (Å²) in [7, 11) is 0. The minimum atomic E-state index is -0.289. The lowest BCUT2D eigenvalue weighted by Gasteiger charge is -2.26. The maximum atomic E-state index is 12.7. The molecular weight excluding hydrogens is 370 g/mol. The van der Waals surface area contributed by atoms with Crippen LogP contribution in [0.3, 0.4) is 0 Å². The maximum Gasteiger partial charge on any atom is 0.242 e. The first-order valence-corrected chi connectivity index (χ1v) is 11.2. The van der Waals surface area contributed by atoms with Crippen LogP contribution in [0.5, 0.6) is 0 Å². The van der Waals surface area contributed by atoms with Crippen molar-refractivity contribution in [2.75, 3.05) is 13.1 Å². The summed E-state index contributed by atoms with van der Waals surface area (Å²) >= 11 is 1.63. The van der Waals surface area contributed by atoms with Gasteiger partial charge in [-0.1, -0.05) is 43.2 Å². The Morgan fingerprint density at radius 1 is 1.11 bits per heavy atom. The molecule has 0 bridgehead atoms. The van der Waals surface area contributed by atoms with E-state index >= 15 is 0 Å². The number of nitrogens with zero attached hydrogens (tertiary/aromatic N) is 2. The fourth-order valence-corrected chi connectivity index (χ4v) is 5.14. The Morgan fingerprint density at radius 3 is 2.68 bits per heavy atom. The Kier molecular flexibility index (Phi) is 6.05. The predicted molar refractivity (Wildman–Crippen MR) is 111 cm³/mol. The summed E-state index contributed by atoms with van der Waals surface area (Å²) in [6, 6.07) is 9.84. The number of aromatic nitrogens is 1. The minimum absolute atomic E-state index is 0.0117. The van der Waals surface area contributed by atoms with Gasteiger partial charge in [0.05, 0.1) is 5.69 Å². The zero-order chi connectivity index (χ0) is 19.3. The number of rotatable bonds is 6. The lowest BCUT2D eigenvalue weighted by atomic mass is 10.1. The number of thiazole rings is 1. The Morgan fingerprint density at radius 2 is 1.89 bits per heavy atom. The standard InChI is InChI=1S/C22H27N3O2S/c26-20(19-11-6-14-25(19)22(27)17-9-4-5-10-17)23-13-12-18-15-28-21(24-18)16-7-2-1-3-8-16/h1-3,7-8,15,17,19H,4-6,9-14H2,(H,23,26). The summed E-state index contributed by atoms with van der Waals surface area (Å²) in [5, 5.41) is 6.09. The number of carbonyl (C=O) groups is 2. The number of hydrogen-bond acceptors (Lipinski definition) is 4. The molecule has 1 N–H and O–H groups in total. The lowest BCUT2D eigenvalue weighted by molar-refractivity contribution is -0.141. The summed E-state index contributed by atoms with van der Waals surface area (Å²) in [6.45, 7) is 1.28. The molecule has 1 unspecified atom stereocenters. The van der Waals surface area contributed by atoms with Gasteiger partial charge in [-0.25, -0.2) is 4.98 Å². The van der Waals surface area contributed by atoms with Gasteiger partial charge in [0.1, 0.15) is 11.0 Å². The quantitative estimate of drug-likeness (QED) is 0.809. The van der Waals surface area contributed by atoms with Crippen LogP contribution in [-0.2, 0) is 16.0 Å². The average Bonchev–Trinajstić information content (AvgIpc) is 3.49. The van der Waals surface area contributed by atoms with Crippen LogP contribution >= 0.6 is 11.3 Å². The molecule has 2 heterocycles. The van der Waals surface area contributed by atoms with E-state index in [0.29, 0.717) is 13.0 Å². The van der Waals surface area contributed by atoms with Gasteiger partial charge in [0.2, 0.25) is 11.8 Å². The van der Waals surface area contributed by atoms with Gasteiger partial charge in [-0.3, -0.25) is 9.59 Å². The number of hydrogen-bond donors (Lipinski definition) is 1. The summed E-state index contributed by atoms with van der Waals surface area (Å²) < 4.78 is 0. The maximum absolute atomic E-state index is 12.7. The highest BCUT2D eigenvalue weighted by atomic mass is 32.1. The second-order valence-corrected chi connectivity index (χ2v) is 8.58. The Labute approximate surface area is 170 Å². The van der Waals surface area contributed by atoms with Gasteiger partial charge in [0, 0.05) is 36.4 Å². The number of benzene rings is 1. The van der Waals surface area contributed by atoms with Crippen molar-refractivity contribution in [1.82, 2.24) is 15.2 Å². The number of nitrogens with one attached hydrogen (secondary N) is 1. The van der Waals surface area contributed by atoms with Crippen molar-refractivity contribution in [2.24, 2.45) is 5.92 Å². The van der Waals surface area contributed by atoms with Gasteiger partial charge < -0.3 is 10.2 Å². The molecule has 2 amide bonds. The molecule has 1 aromatic heterocycles. The third-order valence-corrected chi connectivity index (χ3v) is 6.74. The molecule has 0 radical (unpaired) electrons. The second kappa shape index (κ2) is 8.86. The van der Waals surface area contributed by atoms with E-state index in [2.05, 4.69) is 27.8 Å². The van der Waals surface area contributed by atoms with Gasteiger partial charge >= 0.3 is 0 Å². The molecule has 1 saturated carbocycles. The average molecular weight is 398 g/mol. The predicted octanol–water partition coefficient (Wildman–Crippen LogP) is 3.65. The van der Waals surface area contributed by atoms with E-state index in [9.17, 15) is 9.59 Å². The number of amides is 2. The Hall–Kier alpha value is -2.21. The molecule has 4 rings (SSSR count). The van der Waals surface area contributed by atoms with Gasteiger partial charge in [-0.2, -0.15) is 0 Å². The van der Waals surface area contributed by atoms with E-state index in [1.165, 1.54) is 0 Å². The van der Waals surface area contributed by atoms with Crippen molar-refractivity contribution in [3.05, 3.63) is 41.4 Å². The van der Waals surface area contributed by atoms with Crippen LogP contribution < -0.4 is 5.32 Å². The molecule has 1 aliphatic heterocycles. The first-order valence-electron chi connectivity index (χ1n) is 10.3. The molecule has 1 aliphatic carbocycles. The SMILES string of the molecule is O=C(NCCc1csc(-c2ccccc2)n1)C1CCCN1C(=O)C1CCCC1. The van der Waals surface area contributed by atoms with E-state index < -0.39 is 0 Å². The summed E-state index contributed by atoms with van der Waals surface area (Å²) in [6.07, 6.45) is 6.65. The third kappa shape index (κ3) is 4.27. The number of carbonyl (C=O) groups excluding carboxylic acids is 2. The highest BCUT2D eigenvalue weighted by Crippen LogP contribution is 2.30. The molecule has 1 saturated heterocycles. The topological polar surface area (TPSA) is 62.3 Å². The normalized spacial score (nSPS) is 19.9. The molecule has 28 heavy (non-hydrogen) atoms. The zero-order valence-corrected chi connectivity index (χ0v) is 16.9. The highest BCUT2D eigenvalue weighted by molar-refractivity contribution is 7.13. The largest absolute Gasteiger partial charge is 0.354 e. The van der Waals surface area contributed by atoms with Crippen molar-refractivity contribution in [1.29, 1.82) is 0 Å². The summed E-state index contributed by atoms with van der Waals surface area (Å²) in [4.78, 5) is 31.9. The zero-order valence-electron chi connectivity index (χ0n) is 16.1. The van der Waals surface area contributed by atoms with E-state index in [1.54, 1.807) is 11.3 Å². The van der Waals surface area contributed by atoms with Crippen molar-refractivity contribution in [3.8, 4) is 10.6 Å². The van der Waals surface area contributed by atoms with Crippen LogP contribution in [0.1, 0.15) is 44.2 Å². The molecule has 1 aromatic carbocycles. The van der Waals surface area contributed by atoms with Gasteiger partial charge in [-0.05, 0) is 25.7 Å². The lowest BCUT2D eigenvalue weighted by Crippen LogP contribution is -2.47. The molecule has 2 fully saturated rings. The third-order valence-electron chi connectivity index (χ3n) is 5.80. The molecule has 2 aromatic rings. The molecule has 0 spiro atoms. The van der Waals surface area contributed by atoms with E-state index in [0.717, 1.165) is 61.3 Å². The number of likely N-dealkylation sites (tertiary alicyclic amines) is 1. The molecule has 6 heteroatoms. The van der Waals surface area contributed by atoms with Crippen molar-refractivity contribution in [3.63, 3.8) is 0 Å². The van der Waals surface area contributed by atoms with Crippen LogP contribution in [0.25, 0.3) is 10.6 Å². The van der Waals surface area contributed by atoms with Crippen molar-refractivity contribution in [2.45, 2.75) is 51.0 Å². The Balaban J connectivity index is 1.28. The molecule has 2 aliphatic rings. The Bertz CT molecular complexity index is 814. The van der Waals surface area contributed by atoms with Crippen LogP contribution in [-0.4, -0.2) is 40.8 Å². The molecule has 5 nitrogen and oxygen atoms in total. The smallest absolute Gasteiger partial charge is 0.242 e. The van der Waals surface area contributed by atoms with Gasteiger partial charge in [0.25, 0.3) is 0 Å². The summed E-state index contributed by atoms with van der Waals surface area (Å²) in [5.41, 5.74) is 2.12. The molecule has 148 valence electrons. The van der Waals surface area contributed by atoms with E-state index in [1.807, 2.05) is 23.1 Å². The summed E-state index contributed by atoms with van der Waals surface area (Å²) in [5.74, 6) is 0.323. The van der Waals surface area contributed by atoms with Crippen molar-refractivity contribution >= 4 is 23.2 Å². The van der Waals surface area contributed by atoms with E-state index in [4.69, 9.17) is 0 Å². The van der Waals surface area contributed by atoms with Crippen molar-refractivity contribution < 1.29 is 9.59 Å². The second-order valence-electron chi connectivity index (χ2n) is 7.72. The molecule has 1 atom stereocenters. The first-order chi connectivity index (χ1) is 13.7. The fourth-order valence-electron chi connectivity index (χ4n) is 4.28. The van der Waals surface area contributed by atoms with Gasteiger partial charge in [-0.15, -0.1) is 11.3 Å². The minimum Gasteiger partial charge on any atom is -0.354 e. The molecular formula is C22H27N3O2S. The van der Waals surface area contributed by atoms with Gasteiger partial charge in [0.15, 0.2) is 0 Å².